The first-order valence-electron chi connectivity index (χ1n) is 8.31. The second-order valence-electron chi connectivity index (χ2n) is 6.48. The molecule has 0 aliphatic heterocycles. The molecular formula is C16H29N3O6S. The summed E-state index contributed by atoms with van der Waals surface area (Å²) in [5.41, 5.74) is 11.0. The molecule has 0 saturated heterocycles. The maximum atomic E-state index is 12.1. The third-order valence-electron chi connectivity index (χ3n) is 4.11. The van der Waals surface area contributed by atoms with Crippen LogP contribution in [0.15, 0.2) is 0 Å². The predicted octanol–water partition coefficient (Wildman–Crippen LogP) is -1.12. The normalized spacial score (nSPS) is 15.6. The predicted molar refractivity (Wildman–Crippen MR) is 99.3 cm³/mol. The zero-order valence-electron chi connectivity index (χ0n) is 15.1. The Kier molecular flexibility index (Phi) is 11.2. The number of primary amides is 1. The first kappa shape index (κ1) is 24.4. The number of nitrogens with zero attached hydrogens (tertiary/aromatic N) is 1. The average molecular weight is 391 g/mol. The molecule has 7 N–H and O–H groups in total. The van der Waals surface area contributed by atoms with Crippen LogP contribution in [-0.4, -0.2) is 75.2 Å². The lowest BCUT2D eigenvalue weighted by atomic mass is 9.92. The van der Waals surface area contributed by atoms with E-state index in [-0.39, 0.29) is 19.3 Å². The van der Waals surface area contributed by atoms with Crippen molar-refractivity contribution in [3.63, 3.8) is 0 Å². The molecule has 0 spiro atoms. The van der Waals surface area contributed by atoms with E-state index in [4.69, 9.17) is 33.9 Å². The van der Waals surface area contributed by atoms with Crippen LogP contribution in [0.1, 0.15) is 32.6 Å². The Labute approximate surface area is 158 Å². The SMILES string of the molecule is CC(O)[C@@H](N)CCN(C)C(=S)[C@@H](CC(N)=O)CC(=O)C[C@H](CO)C(=O)O. The van der Waals surface area contributed by atoms with Crippen molar-refractivity contribution >= 4 is 34.9 Å². The van der Waals surface area contributed by atoms with E-state index in [1.54, 1.807) is 18.9 Å². The Morgan fingerprint density at radius 3 is 2.12 bits per heavy atom. The van der Waals surface area contributed by atoms with Crippen LogP contribution in [0.4, 0.5) is 0 Å². The van der Waals surface area contributed by atoms with Gasteiger partial charge >= 0.3 is 5.97 Å². The summed E-state index contributed by atoms with van der Waals surface area (Å²) in [6.07, 6.45) is -0.851. The minimum absolute atomic E-state index is 0.141. The third kappa shape index (κ3) is 9.18. The molecule has 0 aliphatic carbocycles. The molecule has 0 heterocycles. The van der Waals surface area contributed by atoms with Crippen molar-refractivity contribution in [3.8, 4) is 0 Å². The largest absolute Gasteiger partial charge is 0.481 e. The molecule has 1 amide bonds. The van der Waals surface area contributed by atoms with Crippen molar-refractivity contribution in [2.24, 2.45) is 23.3 Å². The van der Waals surface area contributed by atoms with Crippen LogP contribution >= 0.6 is 12.2 Å². The topological polar surface area (TPSA) is 167 Å². The van der Waals surface area contributed by atoms with Gasteiger partial charge in [0.25, 0.3) is 0 Å². The summed E-state index contributed by atoms with van der Waals surface area (Å²) >= 11 is 5.34. The summed E-state index contributed by atoms with van der Waals surface area (Å²) in [4.78, 5) is 36.4. The van der Waals surface area contributed by atoms with Crippen LogP contribution < -0.4 is 11.5 Å². The quantitative estimate of drug-likeness (QED) is 0.244. The number of carbonyl (C=O) groups excluding carboxylic acids is 2. The zero-order chi connectivity index (χ0) is 20.4. The van der Waals surface area contributed by atoms with Gasteiger partial charge in [0, 0.05) is 44.8 Å². The monoisotopic (exact) mass is 391 g/mol. The lowest BCUT2D eigenvalue weighted by Crippen LogP contribution is -2.40. The van der Waals surface area contributed by atoms with Crippen LogP contribution in [0.25, 0.3) is 0 Å². The van der Waals surface area contributed by atoms with Crippen LogP contribution in [0.3, 0.4) is 0 Å². The number of carbonyl (C=O) groups is 3. The van der Waals surface area contributed by atoms with E-state index in [0.29, 0.717) is 18.0 Å². The fraction of sp³-hybridized carbons (Fsp3) is 0.750. The molecule has 9 nitrogen and oxygen atoms in total. The highest BCUT2D eigenvalue weighted by Crippen LogP contribution is 2.18. The van der Waals surface area contributed by atoms with Gasteiger partial charge in [0.15, 0.2) is 0 Å². The Morgan fingerprint density at radius 2 is 1.69 bits per heavy atom. The Balaban J connectivity index is 4.90. The Hall–Kier alpha value is -1.62. The van der Waals surface area contributed by atoms with Gasteiger partial charge in [0.2, 0.25) is 5.91 Å². The zero-order valence-corrected chi connectivity index (χ0v) is 15.9. The van der Waals surface area contributed by atoms with Crippen LogP contribution in [0.2, 0.25) is 0 Å². The van der Waals surface area contributed by atoms with Crippen molar-refractivity contribution in [3.05, 3.63) is 0 Å². The lowest BCUT2D eigenvalue weighted by molar-refractivity contribution is -0.145. The summed E-state index contributed by atoms with van der Waals surface area (Å²) in [7, 11) is 1.68. The second kappa shape index (κ2) is 11.9. The highest BCUT2D eigenvalue weighted by atomic mass is 32.1. The van der Waals surface area contributed by atoms with Gasteiger partial charge in [0.1, 0.15) is 5.78 Å². The van der Waals surface area contributed by atoms with E-state index in [9.17, 15) is 19.5 Å². The van der Waals surface area contributed by atoms with Gasteiger partial charge in [-0.15, -0.1) is 0 Å². The standard InChI is InChI=1S/C16H29N3O6S/c1-9(21)13(17)3-4-19(2)15(26)10(7-14(18)23)5-12(22)6-11(8-20)16(24)25/h9-11,13,20-21H,3-8,17H2,1-2H3,(H2,18,23)(H,24,25)/t9?,10-,11-,13+/m1/s1. The maximum absolute atomic E-state index is 12.1. The molecule has 0 bridgehead atoms. The van der Waals surface area contributed by atoms with E-state index in [1.165, 1.54) is 0 Å². The second-order valence-corrected chi connectivity index (χ2v) is 6.90. The van der Waals surface area contributed by atoms with Gasteiger partial charge in [0.05, 0.1) is 23.6 Å². The summed E-state index contributed by atoms with van der Waals surface area (Å²) in [5.74, 6) is -4.15. The molecule has 1 unspecified atom stereocenters. The number of thiocarbonyl (C=S) groups is 1. The molecule has 4 atom stereocenters. The van der Waals surface area contributed by atoms with Gasteiger partial charge in [-0.2, -0.15) is 0 Å². The summed E-state index contributed by atoms with van der Waals surface area (Å²) in [5, 5.41) is 27.3. The number of amides is 1. The molecular weight excluding hydrogens is 362 g/mol. The van der Waals surface area contributed by atoms with Crippen molar-refractivity contribution in [2.45, 2.75) is 44.8 Å². The van der Waals surface area contributed by atoms with Gasteiger partial charge in [-0.25, -0.2) is 0 Å². The number of hydrogen-bond acceptors (Lipinski definition) is 7. The third-order valence-corrected chi connectivity index (χ3v) is 4.75. The van der Waals surface area contributed by atoms with E-state index in [2.05, 4.69) is 0 Å². The van der Waals surface area contributed by atoms with E-state index < -0.39 is 48.2 Å². The molecule has 0 aromatic carbocycles. The van der Waals surface area contributed by atoms with Crippen LogP contribution in [-0.2, 0) is 14.4 Å². The number of rotatable bonds is 13. The molecule has 150 valence electrons. The average Bonchev–Trinajstić information content (AvgIpc) is 2.54. The highest BCUT2D eigenvalue weighted by molar-refractivity contribution is 7.80. The summed E-state index contributed by atoms with van der Waals surface area (Å²) in [6.45, 7) is 1.35. The fourth-order valence-corrected chi connectivity index (χ4v) is 2.62. The van der Waals surface area contributed by atoms with Crippen LogP contribution in [0.5, 0.6) is 0 Å². The van der Waals surface area contributed by atoms with Crippen molar-refractivity contribution in [1.29, 1.82) is 0 Å². The lowest BCUT2D eigenvalue weighted by Gasteiger charge is -2.27. The molecule has 26 heavy (non-hydrogen) atoms. The molecule has 0 radical (unpaired) electrons. The van der Waals surface area contributed by atoms with Crippen molar-refractivity contribution in [2.75, 3.05) is 20.2 Å². The molecule has 0 saturated carbocycles. The molecule has 0 fully saturated rings. The number of Topliss-reactive ketones (excluding diaryl/α,β-unsaturated/α-hetero) is 1. The number of nitrogens with two attached hydrogens (primary N) is 2. The number of aliphatic carboxylic acids is 1. The smallest absolute Gasteiger partial charge is 0.309 e. The minimum atomic E-state index is -1.26. The summed E-state index contributed by atoms with van der Waals surface area (Å²) in [6, 6.07) is -0.433. The molecule has 0 aromatic heterocycles. The number of ketones is 1. The first-order valence-corrected chi connectivity index (χ1v) is 8.72. The Bertz CT molecular complexity index is 514. The number of aliphatic hydroxyl groups excluding tert-OH is 2. The molecule has 0 aromatic rings. The first-order chi connectivity index (χ1) is 12.0. The van der Waals surface area contributed by atoms with E-state index in [0.717, 1.165) is 0 Å². The highest BCUT2D eigenvalue weighted by Gasteiger charge is 2.27. The van der Waals surface area contributed by atoms with Gasteiger partial charge in [-0.05, 0) is 13.3 Å². The van der Waals surface area contributed by atoms with Crippen molar-refractivity contribution in [1.82, 2.24) is 4.90 Å². The van der Waals surface area contributed by atoms with E-state index >= 15 is 0 Å². The maximum Gasteiger partial charge on any atom is 0.309 e. The van der Waals surface area contributed by atoms with Crippen LogP contribution in [0, 0.1) is 11.8 Å². The van der Waals surface area contributed by atoms with Gasteiger partial charge in [-0.3, -0.25) is 14.4 Å². The number of hydrogen-bond donors (Lipinski definition) is 5. The molecule has 10 heteroatoms. The number of aliphatic hydroxyl groups is 2. The van der Waals surface area contributed by atoms with Crippen molar-refractivity contribution < 1.29 is 29.7 Å². The number of carboxylic acids is 1. The minimum Gasteiger partial charge on any atom is -0.481 e. The van der Waals surface area contributed by atoms with Gasteiger partial charge < -0.3 is 31.7 Å². The number of carboxylic acid groups (broad SMARTS) is 1. The summed E-state index contributed by atoms with van der Waals surface area (Å²) < 4.78 is 0. The Morgan fingerprint density at radius 1 is 1.15 bits per heavy atom. The van der Waals surface area contributed by atoms with E-state index in [1.807, 2.05) is 0 Å². The fourth-order valence-electron chi connectivity index (χ4n) is 2.36. The molecule has 0 aliphatic rings. The van der Waals surface area contributed by atoms with Gasteiger partial charge in [-0.1, -0.05) is 12.2 Å². The molecule has 0 rings (SSSR count).